The quantitative estimate of drug-likeness (QED) is 0.624. The number of benzene rings is 1. The van der Waals surface area contributed by atoms with Crippen LogP contribution in [0.4, 0.5) is 4.79 Å². The molecule has 0 amide bonds. The number of rotatable bonds is 2. The van der Waals surface area contributed by atoms with Crippen molar-refractivity contribution < 1.29 is 19.1 Å². The first-order chi connectivity index (χ1) is 11.1. The molecule has 0 bridgehead atoms. The summed E-state index contributed by atoms with van der Waals surface area (Å²) in [7, 11) is 0. The molecule has 1 atom stereocenters. The fourth-order valence-corrected chi connectivity index (χ4v) is 2.40. The second kappa shape index (κ2) is 6.36. The van der Waals surface area contributed by atoms with Crippen LogP contribution in [0.1, 0.15) is 45.1 Å². The molecule has 0 aliphatic heterocycles. The molecule has 0 aliphatic rings. The van der Waals surface area contributed by atoms with Gasteiger partial charge in [0.15, 0.2) is 6.10 Å². The molecule has 0 N–H and O–H groups in total. The van der Waals surface area contributed by atoms with Crippen LogP contribution >= 0.6 is 0 Å². The number of hydrogen-bond acceptors (Lipinski definition) is 5. The lowest BCUT2D eigenvalue weighted by atomic mass is 10.0. The van der Waals surface area contributed by atoms with Gasteiger partial charge in [-0.3, -0.25) is 4.79 Å². The molecule has 0 fully saturated rings. The van der Waals surface area contributed by atoms with Crippen LogP contribution in [-0.2, 0) is 14.3 Å². The molecular formula is C18H20N2O4. The Morgan fingerprint density at radius 1 is 1.33 bits per heavy atom. The van der Waals surface area contributed by atoms with Crippen molar-refractivity contribution in [3.05, 3.63) is 29.5 Å². The first-order valence-electron chi connectivity index (χ1n) is 7.49. The standard InChI is InChI=1S/C18H20N2O4/c1-7-15(23-12(3)21)13-9-8-10-14-16(13)11(2)19-20(14)17(22)24-18(4,5)6/h1,8-10,15H,2-6H3. The van der Waals surface area contributed by atoms with Gasteiger partial charge in [0.05, 0.1) is 11.2 Å². The highest BCUT2D eigenvalue weighted by Crippen LogP contribution is 2.29. The van der Waals surface area contributed by atoms with Gasteiger partial charge in [0, 0.05) is 17.9 Å². The molecule has 24 heavy (non-hydrogen) atoms. The number of ether oxygens (including phenoxy) is 2. The molecule has 1 aromatic heterocycles. The Hall–Kier alpha value is -2.81. The molecule has 1 aromatic carbocycles. The predicted octanol–water partition coefficient (Wildman–Crippen LogP) is 3.37. The molecule has 0 saturated carbocycles. The lowest BCUT2D eigenvalue weighted by Gasteiger charge is -2.19. The van der Waals surface area contributed by atoms with E-state index in [1.165, 1.54) is 11.6 Å². The minimum atomic E-state index is -0.846. The van der Waals surface area contributed by atoms with Gasteiger partial charge in [-0.15, -0.1) is 6.42 Å². The minimum absolute atomic E-state index is 0.479. The smallest absolute Gasteiger partial charge is 0.435 e. The minimum Gasteiger partial charge on any atom is -0.444 e. The summed E-state index contributed by atoms with van der Waals surface area (Å²) in [6, 6.07) is 5.22. The number of aromatic nitrogens is 2. The van der Waals surface area contributed by atoms with E-state index >= 15 is 0 Å². The van der Waals surface area contributed by atoms with Crippen molar-refractivity contribution in [3.63, 3.8) is 0 Å². The van der Waals surface area contributed by atoms with Crippen LogP contribution in [0.15, 0.2) is 18.2 Å². The van der Waals surface area contributed by atoms with Gasteiger partial charge < -0.3 is 9.47 Å². The van der Waals surface area contributed by atoms with E-state index in [1.54, 1.807) is 45.9 Å². The van der Waals surface area contributed by atoms with Crippen molar-refractivity contribution in [2.24, 2.45) is 0 Å². The van der Waals surface area contributed by atoms with Crippen LogP contribution < -0.4 is 0 Å². The summed E-state index contributed by atoms with van der Waals surface area (Å²) in [5.74, 6) is 1.97. The molecule has 2 aromatic rings. The van der Waals surface area contributed by atoms with Crippen LogP contribution in [0.2, 0.25) is 0 Å². The Balaban J connectivity index is 2.58. The molecule has 1 unspecified atom stereocenters. The number of fused-ring (bicyclic) bond motifs is 1. The number of carbonyl (C=O) groups is 2. The largest absolute Gasteiger partial charge is 0.444 e. The predicted molar refractivity (Wildman–Crippen MR) is 89.4 cm³/mol. The zero-order valence-corrected chi connectivity index (χ0v) is 14.4. The number of carbonyl (C=O) groups excluding carboxylic acids is 2. The maximum Gasteiger partial charge on any atom is 0.435 e. The number of hydrogen-bond donors (Lipinski definition) is 0. The molecular weight excluding hydrogens is 308 g/mol. The van der Waals surface area contributed by atoms with Crippen LogP contribution in [0.3, 0.4) is 0 Å². The number of esters is 1. The van der Waals surface area contributed by atoms with Crippen molar-refractivity contribution in [1.82, 2.24) is 9.78 Å². The van der Waals surface area contributed by atoms with Crippen molar-refractivity contribution in [2.45, 2.75) is 46.3 Å². The van der Waals surface area contributed by atoms with E-state index in [4.69, 9.17) is 15.9 Å². The Morgan fingerprint density at radius 3 is 2.54 bits per heavy atom. The van der Waals surface area contributed by atoms with Crippen molar-refractivity contribution >= 4 is 23.0 Å². The van der Waals surface area contributed by atoms with Crippen LogP contribution in [-0.4, -0.2) is 27.4 Å². The summed E-state index contributed by atoms with van der Waals surface area (Å²) < 4.78 is 11.7. The van der Waals surface area contributed by atoms with E-state index in [1.807, 2.05) is 0 Å². The molecule has 0 spiro atoms. The number of terminal acetylenes is 1. The van der Waals surface area contributed by atoms with Gasteiger partial charge in [0.1, 0.15) is 5.60 Å². The third kappa shape index (κ3) is 3.57. The van der Waals surface area contributed by atoms with Gasteiger partial charge in [-0.2, -0.15) is 9.78 Å². The average Bonchev–Trinajstić information content (AvgIpc) is 2.80. The molecule has 0 aliphatic carbocycles. The maximum atomic E-state index is 12.4. The molecule has 6 heteroatoms. The first-order valence-corrected chi connectivity index (χ1v) is 7.49. The molecule has 0 saturated heterocycles. The SMILES string of the molecule is C#CC(OC(C)=O)c1cccc2c1c(C)nn2C(=O)OC(C)(C)C. The summed E-state index contributed by atoms with van der Waals surface area (Å²) in [4.78, 5) is 23.6. The maximum absolute atomic E-state index is 12.4. The summed E-state index contributed by atoms with van der Waals surface area (Å²) in [5.41, 5.74) is 1.11. The van der Waals surface area contributed by atoms with Gasteiger partial charge >= 0.3 is 12.1 Å². The van der Waals surface area contributed by atoms with E-state index in [0.717, 1.165) is 0 Å². The van der Waals surface area contributed by atoms with Crippen molar-refractivity contribution in [2.75, 3.05) is 0 Å². The Bertz CT molecular complexity index is 837. The number of aryl methyl sites for hydroxylation is 1. The van der Waals surface area contributed by atoms with Gasteiger partial charge in [-0.05, 0) is 33.8 Å². The highest BCUT2D eigenvalue weighted by molar-refractivity contribution is 5.92. The average molecular weight is 328 g/mol. The zero-order chi connectivity index (χ0) is 18.1. The fourth-order valence-electron chi connectivity index (χ4n) is 2.40. The number of nitrogens with zero attached hydrogens (tertiary/aromatic N) is 2. The van der Waals surface area contributed by atoms with Gasteiger partial charge in [-0.25, -0.2) is 4.79 Å². The normalized spacial score (nSPS) is 12.5. The highest BCUT2D eigenvalue weighted by atomic mass is 16.6. The van der Waals surface area contributed by atoms with Gasteiger partial charge in [-0.1, -0.05) is 18.1 Å². The molecule has 2 rings (SSSR count). The Kier molecular flexibility index (Phi) is 4.65. The van der Waals surface area contributed by atoms with Crippen LogP contribution in [0.25, 0.3) is 10.9 Å². The lowest BCUT2D eigenvalue weighted by molar-refractivity contribution is -0.144. The molecule has 1 heterocycles. The van der Waals surface area contributed by atoms with E-state index < -0.39 is 23.8 Å². The Morgan fingerprint density at radius 2 is 2.00 bits per heavy atom. The summed E-state index contributed by atoms with van der Waals surface area (Å²) in [5, 5.41) is 4.94. The van der Waals surface area contributed by atoms with E-state index in [2.05, 4.69) is 11.0 Å². The van der Waals surface area contributed by atoms with Crippen molar-refractivity contribution in [1.29, 1.82) is 0 Å². The van der Waals surface area contributed by atoms with Gasteiger partial charge in [0.2, 0.25) is 0 Å². The van der Waals surface area contributed by atoms with E-state index in [0.29, 0.717) is 22.2 Å². The summed E-state index contributed by atoms with van der Waals surface area (Å²) >= 11 is 0. The highest BCUT2D eigenvalue weighted by Gasteiger charge is 2.24. The third-order valence-electron chi connectivity index (χ3n) is 3.20. The van der Waals surface area contributed by atoms with Gasteiger partial charge in [0.25, 0.3) is 0 Å². The van der Waals surface area contributed by atoms with Crippen molar-refractivity contribution in [3.8, 4) is 12.3 Å². The monoisotopic (exact) mass is 328 g/mol. The second-order valence-electron chi connectivity index (χ2n) is 6.38. The third-order valence-corrected chi connectivity index (χ3v) is 3.20. The first kappa shape index (κ1) is 17.5. The molecule has 0 radical (unpaired) electrons. The fraction of sp³-hybridized carbons (Fsp3) is 0.389. The van der Waals surface area contributed by atoms with Crippen LogP contribution in [0, 0.1) is 19.3 Å². The molecule has 6 nitrogen and oxygen atoms in total. The summed E-state index contributed by atoms with van der Waals surface area (Å²) in [6.45, 7) is 8.40. The zero-order valence-electron chi connectivity index (χ0n) is 14.4. The Labute approximate surface area is 140 Å². The van der Waals surface area contributed by atoms with E-state index in [-0.39, 0.29) is 0 Å². The second-order valence-corrected chi connectivity index (χ2v) is 6.38. The van der Waals surface area contributed by atoms with E-state index in [9.17, 15) is 9.59 Å². The topological polar surface area (TPSA) is 70.4 Å². The summed E-state index contributed by atoms with van der Waals surface area (Å²) in [6.07, 6.45) is 4.07. The lowest BCUT2D eigenvalue weighted by Crippen LogP contribution is -2.27. The van der Waals surface area contributed by atoms with Crippen LogP contribution in [0.5, 0.6) is 0 Å². The molecule has 126 valence electrons.